The predicted molar refractivity (Wildman–Crippen MR) is 52.0 cm³/mol. The Hall–Kier alpha value is -0.870. The smallest absolute Gasteiger partial charge is 0.153 e. The minimum atomic E-state index is 0.227. The average Bonchev–Trinajstić information content (AvgIpc) is 2.04. The second-order valence-electron chi connectivity index (χ2n) is 2.77. The standard InChI is InChI=1S/C8H12ClN3O/c1-6(5-13-2)11-7-3-8(9)12-10-4-7/h3-4,6H,5H2,1-2H3,(H,11,12). The van der Waals surface area contributed by atoms with Crippen molar-refractivity contribution in [3.63, 3.8) is 0 Å². The summed E-state index contributed by atoms with van der Waals surface area (Å²) < 4.78 is 4.97. The molecule has 0 fully saturated rings. The summed E-state index contributed by atoms with van der Waals surface area (Å²) in [5.74, 6) is 0. The van der Waals surface area contributed by atoms with E-state index in [4.69, 9.17) is 16.3 Å². The zero-order valence-corrected chi connectivity index (χ0v) is 8.38. The summed E-state index contributed by atoms with van der Waals surface area (Å²) >= 11 is 5.66. The number of nitrogens with zero attached hydrogens (tertiary/aromatic N) is 2. The Morgan fingerprint density at radius 3 is 3.08 bits per heavy atom. The SMILES string of the molecule is COCC(C)Nc1cnnc(Cl)c1. The van der Waals surface area contributed by atoms with Gasteiger partial charge in [-0.25, -0.2) is 0 Å². The Morgan fingerprint density at radius 2 is 2.46 bits per heavy atom. The molecule has 0 saturated carbocycles. The van der Waals surface area contributed by atoms with E-state index in [9.17, 15) is 0 Å². The van der Waals surface area contributed by atoms with E-state index in [1.807, 2.05) is 6.92 Å². The first kappa shape index (κ1) is 10.2. The maximum absolute atomic E-state index is 5.66. The zero-order chi connectivity index (χ0) is 9.68. The van der Waals surface area contributed by atoms with Crippen molar-refractivity contribution >= 4 is 17.3 Å². The summed E-state index contributed by atoms with van der Waals surface area (Å²) in [5, 5.41) is 10.9. The van der Waals surface area contributed by atoms with Crippen LogP contribution in [0.25, 0.3) is 0 Å². The van der Waals surface area contributed by atoms with Gasteiger partial charge in [0.2, 0.25) is 0 Å². The predicted octanol–water partition coefficient (Wildman–Crippen LogP) is 1.58. The fraction of sp³-hybridized carbons (Fsp3) is 0.500. The van der Waals surface area contributed by atoms with Crippen molar-refractivity contribution in [1.82, 2.24) is 10.2 Å². The zero-order valence-electron chi connectivity index (χ0n) is 7.62. The summed E-state index contributed by atoms with van der Waals surface area (Å²) in [4.78, 5) is 0. The van der Waals surface area contributed by atoms with Crippen LogP contribution in [0.15, 0.2) is 12.3 Å². The first-order valence-electron chi connectivity index (χ1n) is 3.96. The van der Waals surface area contributed by atoms with Crippen LogP contribution in [0.4, 0.5) is 5.69 Å². The molecule has 0 amide bonds. The van der Waals surface area contributed by atoms with Gasteiger partial charge in [0.15, 0.2) is 5.15 Å². The van der Waals surface area contributed by atoms with Gasteiger partial charge < -0.3 is 10.1 Å². The lowest BCUT2D eigenvalue weighted by Gasteiger charge is -2.13. The highest BCUT2D eigenvalue weighted by Crippen LogP contribution is 2.10. The normalized spacial score (nSPS) is 12.5. The number of rotatable bonds is 4. The summed E-state index contributed by atoms with van der Waals surface area (Å²) in [6.07, 6.45) is 1.62. The molecule has 1 aromatic rings. The van der Waals surface area contributed by atoms with Crippen LogP contribution in [0.3, 0.4) is 0 Å². The molecule has 1 atom stereocenters. The Labute approximate surface area is 82.3 Å². The van der Waals surface area contributed by atoms with E-state index in [-0.39, 0.29) is 6.04 Å². The Kier molecular flexibility index (Phi) is 3.92. The van der Waals surface area contributed by atoms with Crippen molar-refractivity contribution in [3.8, 4) is 0 Å². The van der Waals surface area contributed by atoms with Gasteiger partial charge in [-0.3, -0.25) is 0 Å². The van der Waals surface area contributed by atoms with E-state index in [2.05, 4.69) is 15.5 Å². The van der Waals surface area contributed by atoms with Crippen LogP contribution in [0.1, 0.15) is 6.92 Å². The third-order valence-electron chi connectivity index (χ3n) is 1.45. The van der Waals surface area contributed by atoms with Crippen molar-refractivity contribution in [2.45, 2.75) is 13.0 Å². The molecule has 0 aromatic carbocycles. The van der Waals surface area contributed by atoms with E-state index in [1.165, 1.54) is 0 Å². The van der Waals surface area contributed by atoms with Crippen LogP contribution >= 0.6 is 11.6 Å². The number of hydrogen-bond donors (Lipinski definition) is 1. The quantitative estimate of drug-likeness (QED) is 0.804. The van der Waals surface area contributed by atoms with Gasteiger partial charge >= 0.3 is 0 Å². The number of halogens is 1. The van der Waals surface area contributed by atoms with Gasteiger partial charge in [0, 0.05) is 19.2 Å². The van der Waals surface area contributed by atoms with Gasteiger partial charge in [-0.1, -0.05) is 11.6 Å². The van der Waals surface area contributed by atoms with E-state index < -0.39 is 0 Å². The summed E-state index contributed by atoms with van der Waals surface area (Å²) in [5.41, 5.74) is 0.851. The second-order valence-corrected chi connectivity index (χ2v) is 3.15. The fourth-order valence-electron chi connectivity index (χ4n) is 0.996. The third-order valence-corrected chi connectivity index (χ3v) is 1.64. The molecular weight excluding hydrogens is 190 g/mol. The molecular formula is C8H12ClN3O. The molecule has 1 N–H and O–H groups in total. The first-order valence-corrected chi connectivity index (χ1v) is 4.34. The molecule has 4 nitrogen and oxygen atoms in total. The summed E-state index contributed by atoms with van der Waals surface area (Å²) in [7, 11) is 1.66. The first-order chi connectivity index (χ1) is 6.22. The molecule has 1 unspecified atom stereocenters. The molecule has 0 aliphatic rings. The van der Waals surface area contributed by atoms with E-state index >= 15 is 0 Å². The van der Waals surface area contributed by atoms with Crippen LogP contribution in [-0.4, -0.2) is 30.0 Å². The summed E-state index contributed by atoms with van der Waals surface area (Å²) in [6, 6.07) is 1.95. The van der Waals surface area contributed by atoms with Crippen LogP contribution in [0.2, 0.25) is 5.15 Å². The minimum absolute atomic E-state index is 0.227. The highest BCUT2D eigenvalue weighted by molar-refractivity contribution is 6.29. The minimum Gasteiger partial charge on any atom is -0.383 e. The van der Waals surface area contributed by atoms with E-state index in [0.717, 1.165) is 5.69 Å². The molecule has 0 aliphatic carbocycles. The lowest BCUT2D eigenvalue weighted by atomic mass is 10.3. The molecule has 1 rings (SSSR count). The molecule has 0 aliphatic heterocycles. The third kappa shape index (κ3) is 3.57. The monoisotopic (exact) mass is 201 g/mol. The van der Waals surface area contributed by atoms with Crippen LogP contribution < -0.4 is 5.32 Å². The molecule has 0 bridgehead atoms. The van der Waals surface area contributed by atoms with Gasteiger partial charge in [-0.2, -0.15) is 5.10 Å². The summed E-state index contributed by atoms with van der Waals surface area (Å²) in [6.45, 7) is 2.65. The lowest BCUT2D eigenvalue weighted by Crippen LogP contribution is -2.20. The highest BCUT2D eigenvalue weighted by Gasteiger charge is 2.01. The second kappa shape index (κ2) is 4.99. The maximum atomic E-state index is 5.66. The van der Waals surface area contributed by atoms with E-state index in [1.54, 1.807) is 19.4 Å². The highest BCUT2D eigenvalue weighted by atomic mass is 35.5. The van der Waals surface area contributed by atoms with Crippen LogP contribution in [0, 0.1) is 0 Å². The number of aromatic nitrogens is 2. The molecule has 0 spiro atoms. The van der Waals surface area contributed by atoms with E-state index in [0.29, 0.717) is 11.8 Å². The van der Waals surface area contributed by atoms with Gasteiger partial charge in [-0.05, 0) is 6.92 Å². The van der Waals surface area contributed by atoms with Crippen molar-refractivity contribution in [3.05, 3.63) is 17.4 Å². The Bertz CT molecular complexity index is 269. The molecule has 1 heterocycles. The molecule has 13 heavy (non-hydrogen) atoms. The lowest BCUT2D eigenvalue weighted by molar-refractivity contribution is 0.190. The van der Waals surface area contributed by atoms with Crippen molar-refractivity contribution < 1.29 is 4.74 Å². The van der Waals surface area contributed by atoms with Crippen molar-refractivity contribution in [1.29, 1.82) is 0 Å². The molecule has 1 aromatic heterocycles. The number of anilines is 1. The van der Waals surface area contributed by atoms with Crippen LogP contribution in [0.5, 0.6) is 0 Å². The largest absolute Gasteiger partial charge is 0.383 e. The fourth-order valence-corrected chi connectivity index (χ4v) is 1.16. The number of hydrogen-bond acceptors (Lipinski definition) is 4. The Morgan fingerprint density at radius 1 is 1.69 bits per heavy atom. The molecule has 0 saturated heterocycles. The Balaban J connectivity index is 2.53. The average molecular weight is 202 g/mol. The number of methoxy groups -OCH3 is 1. The van der Waals surface area contributed by atoms with Gasteiger partial charge in [0.05, 0.1) is 18.5 Å². The van der Waals surface area contributed by atoms with Crippen LogP contribution in [-0.2, 0) is 4.74 Å². The van der Waals surface area contributed by atoms with Crippen molar-refractivity contribution in [2.75, 3.05) is 19.0 Å². The topological polar surface area (TPSA) is 47.0 Å². The van der Waals surface area contributed by atoms with Gasteiger partial charge in [-0.15, -0.1) is 5.10 Å². The van der Waals surface area contributed by atoms with Gasteiger partial charge in [0.25, 0.3) is 0 Å². The molecule has 72 valence electrons. The number of nitrogens with one attached hydrogen (secondary N) is 1. The molecule has 0 radical (unpaired) electrons. The van der Waals surface area contributed by atoms with Crippen molar-refractivity contribution in [2.24, 2.45) is 0 Å². The maximum Gasteiger partial charge on any atom is 0.153 e. The number of ether oxygens (including phenoxy) is 1. The van der Waals surface area contributed by atoms with Gasteiger partial charge in [0.1, 0.15) is 0 Å². The molecule has 5 heteroatoms.